The molecule has 1 aromatic carbocycles. The minimum absolute atomic E-state index is 0.115. The number of benzene rings is 1. The highest BCUT2D eigenvalue weighted by atomic mass is 19.1. The molecule has 0 heterocycles. The average molecular weight is 249 g/mol. The molecule has 2 heteroatoms. The summed E-state index contributed by atoms with van der Waals surface area (Å²) < 4.78 is 13.4. The van der Waals surface area contributed by atoms with Gasteiger partial charge in [0.05, 0.1) is 0 Å². The Hall–Kier alpha value is -0.890. The minimum atomic E-state index is -0.115. The standard InChI is InChI=1S/C16H24FN/c1-4-18-16(13-7-5-6-8-13)15-11(2)9-14(17)10-12(15)3/h9-10,13,16,18H,4-8H2,1-3H3. The molecule has 1 atom stereocenters. The van der Waals surface area contributed by atoms with Gasteiger partial charge in [-0.1, -0.05) is 19.8 Å². The van der Waals surface area contributed by atoms with Crippen molar-refractivity contribution in [3.63, 3.8) is 0 Å². The fraction of sp³-hybridized carbons (Fsp3) is 0.625. The van der Waals surface area contributed by atoms with E-state index in [1.165, 1.54) is 31.2 Å². The van der Waals surface area contributed by atoms with E-state index in [2.05, 4.69) is 12.2 Å². The topological polar surface area (TPSA) is 12.0 Å². The van der Waals surface area contributed by atoms with Crippen molar-refractivity contribution in [2.45, 2.75) is 52.5 Å². The second kappa shape index (κ2) is 5.83. The van der Waals surface area contributed by atoms with Gasteiger partial charge in [-0.2, -0.15) is 0 Å². The second-order valence-corrected chi connectivity index (χ2v) is 5.53. The fourth-order valence-electron chi connectivity index (χ4n) is 3.43. The SMILES string of the molecule is CCNC(c1c(C)cc(F)cc1C)C1CCCC1. The van der Waals surface area contributed by atoms with E-state index < -0.39 is 0 Å². The molecule has 1 aliphatic carbocycles. The third-order valence-corrected chi connectivity index (χ3v) is 4.16. The Kier molecular flexibility index (Phi) is 4.39. The smallest absolute Gasteiger partial charge is 0.123 e. The lowest BCUT2D eigenvalue weighted by Gasteiger charge is -2.28. The lowest BCUT2D eigenvalue weighted by Crippen LogP contribution is -2.28. The van der Waals surface area contributed by atoms with Gasteiger partial charge < -0.3 is 5.32 Å². The maximum absolute atomic E-state index is 13.4. The minimum Gasteiger partial charge on any atom is -0.310 e. The van der Waals surface area contributed by atoms with Crippen molar-refractivity contribution >= 4 is 0 Å². The predicted octanol–water partition coefficient (Wildman–Crippen LogP) is 4.28. The molecule has 1 N–H and O–H groups in total. The Bertz CT molecular complexity index is 385. The number of hydrogen-bond acceptors (Lipinski definition) is 1. The zero-order valence-corrected chi connectivity index (χ0v) is 11.7. The molecular weight excluding hydrogens is 225 g/mol. The highest BCUT2D eigenvalue weighted by molar-refractivity contribution is 5.37. The predicted molar refractivity (Wildman–Crippen MR) is 74.2 cm³/mol. The van der Waals surface area contributed by atoms with E-state index in [1.807, 2.05) is 13.8 Å². The normalized spacial score (nSPS) is 18.2. The third kappa shape index (κ3) is 2.74. The summed E-state index contributed by atoms with van der Waals surface area (Å²) in [6.45, 7) is 7.18. The van der Waals surface area contributed by atoms with Crippen LogP contribution in [0.3, 0.4) is 0 Å². The molecule has 0 aromatic heterocycles. The molecule has 1 nitrogen and oxygen atoms in total. The van der Waals surface area contributed by atoms with Crippen LogP contribution in [0.5, 0.6) is 0 Å². The van der Waals surface area contributed by atoms with Crippen molar-refractivity contribution in [3.8, 4) is 0 Å². The van der Waals surface area contributed by atoms with Crippen molar-refractivity contribution in [3.05, 3.63) is 34.6 Å². The zero-order valence-electron chi connectivity index (χ0n) is 11.7. The van der Waals surface area contributed by atoms with Gasteiger partial charge in [-0.15, -0.1) is 0 Å². The largest absolute Gasteiger partial charge is 0.310 e. The van der Waals surface area contributed by atoms with Gasteiger partial charge in [0.1, 0.15) is 5.82 Å². The van der Waals surface area contributed by atoms with E-state index in [-0.39, 0.29) is 5.82 Å². The van der Waals surface area contributed by atoms with Crippen LogP contribution < -0.4 is 5.32 Å². The van der Waals surface area contributed by atoms with Crippen molar-refractivity contribution in [2.75, 3.05) is 6.54 Å². The molecule has 100 valence electrons. The molecule has 0 bridgehead atoms. The van der Waals surface area contributed by atoms with E-state index in [9.17, 15) is 4.39 Å². The number of aryl methyl sites for hydroxylation is 2. The maximum Gasteiger partial charge on any atom is 0.123 e. The molecule has 0 spiro atoms. The molecule has 2 rings (SSSR count). The lowest BCUT2D eigenvalue weighted by atomic mass is 9.86. The van der Waals surface area contributed by atoms with Crippen LogP contribution >= 0.6 is 0 Å². The van der Waals surface area contributed by atoms with Gasteiger partial charge in [0, 0.05) is 6.04 Å². The van der Waals surface area contributed by atoms with Gasteiger partial charge in [0.25, 0.3) is 0 Å². The van der Waals surface area contributed by atoms with E-state index in [0.717, 1.165) is 17.7 Å². The zero-order chi connectivity index (χ0) is 13.1. The molecule has 1 saturated carbocycles. The molecular formula is C16H24FN. The third-order valence-electron chi connectivity index (χ3n) is 4.16. The molecule has 1 aromatic rings. The van der Waals surface area contributed by atoms with Crippen LogP contribution in [-0.2, 0) is 0 Å². The van der Waals surface area contributed by atoms with Crippen LogP contribution in [0.4, 0.5) is 4.39 Å². The van der Waals surface area contributed by atoms with Crippen LogP contribution in [0.15, 0.2) is 12.1 Å². The molecule has 0 radical (unpaired) electrons. The van der Waals surface area contributed by atoms with Crippen LogP contribution in [0.25, 0.3) is 0 Å². The Balaban J connectivity index is 2.35. The summed E-state index contributed by atoms with van der Waals surface area (Å²) in [5.41, 5.74) is 3.50. The van der Waals surface area contributed by atoms with Gasteiger partial charge in [0.15, 0.2) is 0 Å². The molecule has 18 heavy (non-hydrogen) atoms. The molecule has 1 unspecified atom stereocenters. The van der Waals surface area contributed by atoms with Crippen molar-refractivity contribution in [1.82, 2.24) is 5.32 Å². The van der Waals surface area contributed by atoms with Gasteiger partial charge in [0.2, 0.25) is 0 Å². The Morgan fingerprint density at radius 1 is 1.22 bits per heavy atom. The van der Waals surface area contributed by atoms with E-state index in [1.54, 1.807) is 12.1 Å². The first-order chi connectivity index (χ1) is 8.63. The highest BCUT2D eigenvalue weighted by Crippen LogP contribution is 2.38. The first kappa shape index (κ1) is 13.5. The van der Waals surface area contributed by atoms with Crippen molar-refractivity contribution in [2.24, 2.45) is 5.92 Å². The van der Waals surface area contributed by atoms with Crippen molar-refractivity contribution in [1.29, 1.82) is 0 Å². The van der Waals surface area contributed by atoms with E-state index in [4.69, 9.17) is 0 Å². The number of nitrogens with one attached hydrogen (secondary N) is 1. The monoisotopic (exact) mass is 249 g/mol. The number of hydrogen-bond donors (Lipinski definition) is 1. The Morgan fingerprint density at radius 2 is 1.78 bits per heavy atom. The quantitative estimate of drug-likeness (QED) is 0.839. The Morgan fingerprint density at radius 3 is 2.28 bits per heavy atom. The summed E-state index contributed by atoms with van der Waals surface area (Å²) in [7, 11) is 0. The van der Waals surface area contributed by atoms with Crippen LogP contribution in [0.2, 0.25) is 0 Å². The number of rotatable bonds is 4. The summed E-state index contributed by atoms with van der Waals surface area (Å²) in [4.78, 5) is 0. The van der Waals surface area contributed by atoms with Crippen LogP contribution in [-0.4, -0.2) is 6.54 Å². The van der Waals surface area contributed by atoms with Gasteiger partial charge in [-0.05, 0) is 68.0 Å². The maximum atomic E-state index is 13.4. The molecule has 1 aliphatic rings. The molecule has 0 aliphatic heterocycles. The average Bonchev–Trinajstić information content (AvgIpc) is 2.79. The summed E-state index contributed by atoms with van der Waals surface area (Å²) in [6.07, 6.45) is 5.28. The highest BCUT2D eigenvalue weighted by Gasteiger charge is 2.27. The van der Waals surface area contributed by atoms with E-state index in [0.29, 0.717) is 12.0 Å². The first-order valence-electron chi connectivity index (χ1n) is 7.13. The lowest BCUT2D eigenvalue weighted by molar-refractivity contribution is 0.371. The van der Waals surface area contributed by atoms with Crippen molar-refractivity contribution < 1.29 is 4.39 Å². The van der Waals surface area contributed by atoms with Crippen LogP contribution in [0, 0.1) is 25.6 Å². The summed E-state index contributed by atoms with van der Waals surface area (Å²) >= 11 is 0. The summed E-state index contributed by atoms with van der Waals surface area (Å²) in [6, 6.07) is 3.74. The van der Waals surface area contributed by atoms with Gasteiger partial charge >= 0.3 is 0 Å². The Labute approximate surface area is 110 Å². The number of halogens is 1. The molecule has 1 fully saturated rings. The van der Waals surface area contributed by atoms with Gasteiger partial charge in [-0.25, -0.2) is 4.39 Å². The van der Waals surface area contributed by atoms with Gasteiger partial charge in [-0.3, -0.25) is 0 Å². The first-order valence-corrected chi connectivity index (χ1v) is 7.13. The second-order valence-electron chi connectivity index (χ2n) is 5.53. The summed E-state index contributed by atoms with van der Waals surface area (Å²) in [5.74, 6) is 0.600. The molecule has 0 saturated heterocycles. The fourth-order valence-corrected chi connectivity index (χ4v) is 3.43. The molecule has 0 amide bonds. The van der Waals surface area contributed by atoms with Crippen LogP contribution in [0.1, 0.15) is 55.3 Å². The summed E-state index contributed by atoms with van der Waals surface area (Å²) in [5, 5.41) is 3.62. The van der Waals surface area contributed by atoms with E-state index >= 15 is 0 Å².